The van der Waals surface area contributed by atoms with Gasteiger partial charge in [-0.25, -0.2) is 13.6 Å². The number of piperidine rings is 1. The number of hydrogen-bond acceptors (Lipinski definition) is 4. The Morgan fingerprint density at radius 3 is 2.61 bits per heavy atom. The Morgan fingerprint density at radius 2 is 2.00 bits per heavy atom. The number of hydrogen-bond donors (Lipinski definition) is 2. The van der Waals surface area contributed by atoms with Crippen LogP contribution in [0.4, 0.5) is 0 Å². The maximum atomic E-state index is 12.0. The topological polar surface area (TPSA) is 92.5 Å². The fraction of sp³-hybridized carbons (Fsp3) is 0.562. The summed E-state index contributed by atoms with van der Waals surface area (Å²) in [6, 6.07) is 6.77. The minimum atomic E-state index is -3.65. The van der Waals surface area contributed by atoms with Gasteiger partial charge in [0, 0.05) is 19.0 Å². The molecule has 6 nitrogen and oxygen atoms in total. The molecule has 1 aromatic rings. The lowest BCUT2D eigenvalue weighted by Gasteiger charge is -2.31. The molecule has 1 aliphatic rings. The summed E-state index contributed by atoms with van der Waals surface area (Å²) in [6.07, 6.45) is 4.69. The molecule has 1 aromatic carbocycles. The third kappa shape index (κ3) is 5.60. The molecule has 0 spiro atoms. The minimum Gasteiger partial charge on any atom is -0.356 e. The van der Waals surface area contributed by atoms with Gasteiger partial charge in [-0.2, -0.15) is 0 Å². The van der Waals surface area contributed by atoms with Gasteiger partial charge < -0.3 is 10.2 Å². The van der Waals surface area contributed by atoms with Gasteiger partial charge in [-0.05, 0) is 50.6 Å². The van der Waals surface area contributed by atoms with Crippen molar-refractivity contribution in [2.24, 2.45) is 5.14 Å². The second-order valence-corrected chi connectivity index (χ2v) is 7.68. The Bertz CT molecular complexity index is 628. The molecule has 3 N–H and O–H groups in total. The van der Waals surface area contributed by atoms with E-state index in [1.54, 1.807) is 12.1 Å². The fourth-order valence-corrected chi connectivity index (χ4v) is 3.40. The zero-order valence-electron chi connectivity index (χ0n) is 13.5. The van der Waals surface area contributed by atoms with Crippen LogP contribution in [0.3, 0.4) is 0 Å². The normalized spacial score (nSPS) is 19.5. The summed E-state index contributed by atoms with van der Waals surface area (Å²) >= 11 is 0. The first-order valence-electron chi connectivity index (χ1n) is 7.95. The van der Waals surface area contributed by atoms with Gasteiger partial charge >= 0.3 is 0 Å². The van der Waals surface area contributed by atoms with Crippen molar-refractivity contribution in [3.63, 3.8) is 0 Å². The second kappa shape index (κ2) is 7.90. The van der Waals surface area contributed by atoms with Crippen LogP contribution in [-0.2, 0) is 21.2 Å². The van der Waals surface area contributed by atoms with Crippen LogP contribution in [0.5, 0.6) is 0 Å². The molecular weight excluding hydrogens is 314 g/mol. The Kier molecular flexibility index (Phi) is 6.15. The van der Waals surface area contributed by atoms with Crippen molar-refractivity contribution in [2.45, 2.75) is 43.0 Å². The van der Waals surface area contributed by atoms with Gasteiger partial charge in [0.15, 0.2) is 0 Å². The molecule has 1 fully saturated rings. The molecule has 0 aliphatic carbocycles. The maximum absolute atomic E-state index is 12.0. The zero-order valence-corrected chi connectivity index (χ0v) is 14.3. The summed E-state index contributed by atoms with van der Waals surface area (Å²) in [5.41, 5.74) is 0.965. The Hall–Kier alpha value is -1.44. The molecule has 1 saturated heterocycles. The molecule has 0 saturated carbocycles. The number of rotatable bonds is 6. The number of likely N-dealkylation sites (tertiary alicyclic amines) is 1. The maximum Gasteiger partial charge on any atom is 0.238 e. The molecular formula is C16H25N3O3S. The van der Waals surface area contributed by atoms with E-state index in [-0.39, 0.29) is 10.8 Å². The quantitative estimate of drug-likeness (QED) is 0.804. The first-order chi connectivity index (χ1) is 10.9. The second-order valence-electron chi connectivity index (χ2n) is 6.12. The Morgan fingerprint density at radius 1 is 1.30 bits per heavy atom. The number of nitrogens with two attached hydrogens (primary N) is 1. The lowest BCUT2D eigenvalue weighted by atomic mass is 10.00. The van der Waals surface area contributed by atoms with Crippen LogP contribution in [0, 0.1) is 0 Å². The molecule has 23 heavy (non-hydrogen) atoms. The molecule has 1 aliphatic heterocycles. The van der Waals surface area contributed by atoms with E-state index in [1.807, 2.05) is 0 Å². The van der Waals surface area contributed by atoms with Crippen LogP contribution >= 0.6 is 0 Å². The Balaban J connectivity index is 1.75. The van der Waals surface area contributed by atoms with E-state index >= 15 is 0 Å². The van der Waals surface area contributed by atoms with Gasteiger partial charge in [0.05, 0.1) is 4.90 Å². The van der Waals surface area contributed by atoms with Crippen molar-refractivity contribution >= 4 is 15.9 Å². The highest BCUT2D eigenvalue weighted by atomic mass is 32.2. The summed E-state index contributed by atoms with van der Waals surface area (Å²) in [5.74, 6) is 0.0740. The zero-order chi connectivity index (χ0) is 16.9. The molecule has 1 heterocycles. The number of amides is 1. The summed E-state index contributed by atoms with van der Waals surface area (Å²) in [4.78, 5) is 14.4. The van der Waals surface area contributed by atoms with Crippen molar-refractivity contribution in [3.8, 4) is 0 Å². The van der Waals surface area contributed by atoms with Gasteiger partial charge in [0.1, 0.15) is 0 Å². The highest BCUT2D eigenvalue weighted by Crippen LogP contribution is 2.17. The van der Waals surface area contributed by atoms with Crippen molar-refractivity contribution in [2.75, 3.05) is 20.1 Å². The monoisotopic (exact) mass is 339 g/mol. The van der Waals surface area contributed by atoms with Crippen LogP contribution in [0.1, 0.15) is 31.2 Å². The molecule has 0 aromatic heterocycles. The summed E-state index contributed by atoms with van der Waals surface area (Å²) in [7, 11) is -1.58. The van der Waals surface area contributed by atoms with Crippen LogP contribution in [0.25, 0.3) is 0 Å². The predicted molar refractivity (Wildman–Crippen MR) is 89.4 cm³/mol. The third-order valence-corrected chi connectivity index (χ3v) is 5.26. The van der Waals surface area contributed by atoms with Crippen LogP contribution in [-0.4, -0.2) is 45.4 Å². The summed E-state index contributed by atoms with van der Waals surface area (Å²) < 4.78 is 22.4. The molecule has 0 radical (unpaired) electrons. The minimum absolute atomic E-state index is 0.0740. The number of sulfonamides is 1. The average molecular weight is 339 g/mol. The van der Waals surface area contributed by atoms with Crippen LogP contribution in [0.2, 0.25) is 0 Å². The van der Waals surface area contributed by atoms with Crippen molar-refractivity contribution in [1.29, 1.82) is 0 Å². The van der Waals surface area contributed by atoms with Crippen LogP contribution < -0.4 is 10.5 Å². The van der Waals surface area contributed by atoms with Gasteiger partial charge in [0.25, 0.3) is 0 Å². The van der Waals surface area contributed by atoms with Gasteiger partial charge in [-0.3, -0.25) is 4.79 Å². The number of carbonyl (C=O) groups excluding carboxylic acids is 1. The van der Waals surface area contributed by atoms with E-state index in [0.29, 0.717) is 25.4 Å². The number of primary sulfonamides is 1. The Labute approximate surface area is 138 Å². The van der Waals surface area contributed by atoms with E-state index in [4.69, 9.17) is 5.14 Å². The number of nitrogens with one attached hydrogen (secondary N) is 1. The molecule has 0 unspecified atom stereocenters. The van der Waals surface area contributed by atoms with E-state index in [9.17, 15) is 13.2 Å². The molecule has 2 rings (SSSR count). The largest absolute Gasteiger partial charge is 0.356 e. The van der Waals surface area contributed by atoms with E-state index in [1.165, 1.54) is 25.0 Å². The highest BCUT2D eigenvalue weighted by molar-refractivity contribution is 7.89. The summed E-state index contributed by atoms with van der Waals surface area (Å²) in [5, 5.41) is 7.99. The number of carbonyl (C=O) groups is 1. The SMILES string of the molecule is CN1CCCC[C@@H]1CC(=O)NCCc1ccc(S(N)(=O)=O)cc1. The smallest absolute Gasteiger partial charge is 0.238 e. The highest BCUT2D eigenvalue weighted by Gasteiger charge is 2.21. The average Bonchev–Trinajstić information content (AvgIpc) is 2.49. The van der Waals surface area contributed by atoms with E-state index in [2.05, 4.69) is 17.3 Å². The van der Waals surface area contributed by atoms with E-state index < -0.39 is 10.0 Å². The molecule has 7 heteroatoms. The summed E-state index contributed by atoms with van der Waals surface area (Å²) in [6.45, 7) is 1.61. The lowest BCUT2D eigenvalue weighted by molar-refractivity contribution is -0.122. The van der Waals surface area contributed by atoms with Crippen LogP contribution in [0.15, 0.2) is 29.2 Å². The van der Waals surface area contributed by atoms with Gasteiger partial charge in [-0.15, -0.1) is 0 Å². The standard InChI is InChI=1S/C16H25N3O3S/c1-19-11-3-2-4-14(19)12-16(20)18-10-9-13-5-7-15(8-6-13)23(17,21)22/h5-8,14H,2-4,9-12H2,1H3,(H,18,20)(H2,17,21,22)/t14-/m1/s1. The van der Waals surface area contributed by atoms with Crippen molar-refractivity contribution < 1.29 is 13.2 Å². The van der Waals surface area contributed by atoms with Crippen molar-refractivity contribution in [3.05, 3.63) is 29.8 Å². The van der Waals surface area contributed by atoms with Gasteiger partial charge in [-0.1, -0.05) is 18.6 Å². The third-order valence-electron chi connectivity index (χ3n) is 4.33. The van der Waals surface area contributed by atoms with Gasteiger partial charge in [0.2, 0.25) is 15.9 Å². The fourth-order valence-electron chi connectivity index (χ4n) is 2.88. The number of nitrogens with zero attached hydrogens (tertiary/aromatic N) is 1. The molecule has 1 atom stereocenters. The predicted octanol–water partition coefficient (Wildman–Crippen LogP) is 0.867. The molecule has 128 valence electrons. The first kappa shape index (κ1) is 17.9. The lowest BCUT2D eigenvalue weighted by Crippen LogP contribution is -2.40. The van der Waals surface area contributed by atoms with E-state index in [0.717, 1.165) is 18.5 Å². The molecule has 0 bridgehead atoms. The van der Waals surface area contributed by atoms with Crippen molar-refractivity contribution in [1.82, 2.24) is 10.2 Å². The first-order valence-corrected chi connectivity index (χ1v) is 9.49. The molecule has 1 amide bonds. The number of benzene rings is 1.